The highest BCUT2D eigenvalue weighted by Crippen LogP contribution is 2.33. The van der Waals surface area contributed by atoms with Crippen LogP contribution in [0.1, 0.15) is 17.2 Å². The lowest BCUT2D eigenvalue weighted by molar-refractivity contribution is 0.283. The molecule has 6 heteroatoms. The molecule has 1 aromatic carbocycles. The van der Waals surface area contributed by atoms with Gasteiger partial charge in [0.2, 0.25) is 5.28 Å². The van der Waals surface area contributed by atoms with Gasteiger partial charge < -0.3 is 14.8 Å². The van der Waals surface area contributed by atoms with Crippen molar-refractivity contribution in [1.29, 1.82) is 0 Å². The minimum atomic E-state index is 0.0272. The second-order valence-corrected chi connectivity index (χ2v) is 4.92. The SMILES string of the molecule is COc1ccc(C2COc3cnc(Cl)nc3N2)c(C)c1. The number of ether oxygens (including phenoxy) is 2. The predicted molar refractivity (Wildman–Crippen MR) is 76.6 cm³/mol. The van der Waals surface area contributed by atoms with E-state index in [0.717, 1.165) is 16.9 Å². The summed E-state index contributed by atoms with van der Waals surface area (Å²) in [5, 5.41) is 3.53. The summed E-state index contributed by atoms with van der Waals surface area (Å²) >= 11 is 5.81. The molecule has 2 aromatic rings. The van der Waals surface area contributed by atoms with E-state index in [0.29, 0.717) is 18.2 Å². The van der Waals surface area contributed by atoms with E-state index < -0.39 is 0 Å². The van der Waals surface area contributed by atoms with Gasteiger partial charge in [-0.1, -0.05) is 6.07 Å². The Morgan fingerprint density at radius 1 is 1.45 bits per heavy atom. The van der Waals surface area contributed by atoms with E-state index in [1.54, 1.807) is 13.3 Å². The number of hydrogen-bond donors (Lipinski definition) is 1. The Kier molecular flexibility index (Phi) is 3.36. The van der Waals surface area contributed by atoms with Crippen molar-refractivity contribution in [2.75, 3.05) is 19.0 Å². The van der Waals surface area contributed by atoms with Crippen molar-refractivity contribution in [2.24, 2.45) is 0 Å². The van der Waals surface area contributed by atoms with Gasteiger partial charge in [-0.15, -0.1) is 0 Å². The van der Waals surface area contributed by atoms with Crippen LogP contribution in [0, 0.1) is 6.92 Å². The Labute approximate surface area is 121 Å². The summed E-state index contributed by atoms with van der Waals surface area (Å²) in [6, 6.07) is 5.99. The van der Waals surface area contributed by atoms with Crippen molar-refractivity contribution < 1.29 is 9.47 Å². The van der Waals surface area contributed by atoms with Crippen molar-refractivity contribution in [3.63, 3.8) is 0 Å². The smallest absolute Gasteiger partial charge is 0.224 e. The van der Waals surface area contributed by atoms with Gasteiger partial charge in [-0.2, -0.15) is 4.98 Å². The van der Waals surface area contributed by atoms with Gasteiger partial charge in [0.15, 0.2) is 11.6 Å². The Morgan fingerprint density at radius 2 is 2.30 bits per heavy atom. The monoisotopic (exact) mass is 291 g/mol. The van der Waals surface area contributed by atoms with Crippen LogP contribution in [0.15, 0.2) is 24.4 Å². The Morgan fingerprint density at radius 3 is 3.05 bits per heavy atom. The van der Waals surface area contributed by atoms with Crippen LogP contribution in [0.2, 0.25) is 5.28 Å². The van der Waals surface area contributed by atoms with Crippen molar-refractivity contribution in [1.82, 2.24) is 9.97 Å². The Balaban J connectivity index is 1.90. The standard InChI is InChI=1S/C14H14ClN3O2/c1-8-5-9(19-2)3-4-10(8)11-7-20-12-6-16-14(15)18-13(12)17-11/h3-6,11H,7H2,1-2H3,(H,16,17,18). The maximum absolute atomic E-state index is 5.81. The number of benzene rings is 1. The number of aromatic nitrogens is 2. The number of nitrogens with one attached hydrogen (secondary N) is 1. The molecule has 0 fully saturated rings. The molecule has 1 aliphatic rings. The van der Waals surface area contributed by atoms with Crippen LogP contribution in [-0.4, -0.2) is 23.7 Å². The molecule has 0 bridgehead atoms. The van der Waals surface area contributed by atoms with E-state index >= 15 is 0 Å². The van der Waals surface area contributed by atoms with Gasteiger partial charge in [0, 0.05) is 0 Å². The predicted octanol–water partition coefficient (Wildman–Crippen LogP) is 2.99. The third kappa shape index (κ3) is 2.36. The third-order valence-electron chi connectivity index (χ3n) is 3.29. The first-order valence-corrected chi connectivity index (χ1v) is 6.61. The largest absolute Gasteiger partial charge is 0.497 e. The van der Waals surface area contributed by atoms with E-state index in [-0.39, 0.29) is 11.3 Å². The number of aryl methyl sites for hydroxylation is 1. The number of halogens is 1. The Hall–Kier alpha value is -2.01. The number of hydrogen-bond acceptors (Lipinski definition) is 5. The second kappa shape index (κ2) is 5.17. The van der Waals surface area contributed by atoms with Gasteiger partial charge in [0.1, 0.15) is 12.4 Å². The van der Waals surface area contributed by atoms with Crippen LogP contribution >= 0.6 is 11.6 Å². The molecule has 1 aromatic heterocycles. The molecular formula is C14H14ClN3O2. The quantitative estimate of drug-likeness (QED) is 0.862. The molecule has 20 heavy (non-hydrogen) atoms. The molecule has 1 N–H and O–H groups in total. The zero-order chi connectivity index (χ0) is 14.1. The fraction of sp³-hybridized carbons (Fsp3) is 0.286. The van der Waals surface area contributed by atoms with Crippen LogP contribution in [0.5, 0.6) is 11.5 Å². The summed E-state index contributed by atoms with van der Waals surface area (Å²) in [4.78, 5) is 8.05. The molecule has 1 unspecified atom stereocenters. The minimum absolute atomic E-state index is 0.0272. The second-order valence-electron chi connectivity index (χ2n) is 4.58. The lowest BCUT2D eigenvalue weighted by Gasteiger charge is -2.27. The average molecular weight is 292 g/mol. The van der Waals surface area contributed by atoms with E-state index in [1.807, 2.05) is 25.1 Å². The summed E-state index contributed by atoms with van der Waals surface area (Å²) in [6.45, 7) is 2.56. The zero-order valence-electron chi connectivity index (χ0n) is 11.2. The summed E-state index contributed by atoms with van der Waals surface area (Å²) in [5.41, 5.74) is 2.28. The molecule has 2 heterocycles. The number of anilines is 1. The molecule has 0 aliphatic carbocycles. The summed E-state index contributed by atoms with van der Waals surface area (Å²) in [7, 11) is 1.66. The summed E-state index contributed by atoms with van der Waals surface area (Å²) in [6.07, 6.45) is 1.58. The van der Waals surface area contributed by atoms with Crippen LogP contribution in [0.4, 0.5) is 5.82 Å². The van der Waals surface area contributed by atoms with Crippen molar-refractivity contribution in [3.8, 4) is 11.5 Å². The Bertz CT molecular complexity index is 648. The third-order valence-corrected chi connectivity index (χ3v) is 3.48. The number of fused-ring (bicyclic) bond motifs is 1. The van der Waals surface area contributed by atoms with Gasteiger partial charge in [-0.3, -0.25) is 0 Å². The van der Waals surface area contributed by atoms with E-state index in [2.05, 4.69) is 15.3 Å². The highest BCUT2D eigenvalue weighted by atomic mass is 35.5. The lowest BCUT2D eigenvalue weighted by atomic mass is 10.0. The molecule has 0 saturated heterocycles. The molecular weight excluding hydrogens is 278 g/mol. The van der Waals surface area contributed by atoms with E-state index in [1.165, 1.54) is 0 Å². The molecule has 1 atom stereocenters. The topological polar surface area (TPSA) is 56.3 Å². The van der Waals surface area contributed by atoms with Crippen molar-refractivity contribution in [2.45, 2.75) is 13.0 Å². The van der Waals surface area contributed by atoms with Gasteiger partial charge >= 0.3 is 0 Å². The number of nitrogens with zero attached hydrogens (tertiary/aromatic N) is 2. The summed E-state index contributed by atoms with van der Waals surface area (Å²) in [5.74, 6) is 2.09. The van der Waals surface area contributed by atoms with E-state index in [4.69, 9.17) is 21.1 Å². The molecule has 104 valence electrons. The molecule has 1 aliphatic heterocycles. The summed E-state index contributed by atoms with van der Waals surface area (Å²) < 4.78 is 10.9. The van der Waals surface area contributed by atoms with Crippen molar-refractivity contribution >= 4 is 17.4 Å². The zero-order valence-corrected chi connectivity index (χ0v) is 11.9. The van der Waals surface area contributed by atoms with Gasteiger partial charge in [0.25, 0.3) is 0 Å². The first-order chi connectivity index (χ1) is 9.67. The maximum Gasteiger partial charge on any atom is 0.224 e. The lowest BCUT2D eigenvalue weighted by Crippen LogP contribution is -2.25. The molecule has 0 radical (unpaired) electrons. The minimum Gasteiger partial charge on any atom is -0.497 e. The average Bonchev–Trinajstić information content (AvgIpc) is 2.46. The van der Waals surface area contributed by atoms with Gasteiger partial charge in [0.05, 0.1) is 19.3 Å². The molecule has 0 amide bonds. The first kappa shape index (κ1) is 13.0. The van der Waals surface area contributed by atoms with Crippen LogP contribution in [0.3, 0.4) is 0 Å². The molecule has 3 rings (SSSR count). The van der Waals surface area contributed by atoms with Crippen molar-refractivity contribution in [3.05, 3.63) is 40.8 Å². The highest BCUT2D eigenvalue weighted by Gasteiger charge is 2.23. The van der Waals surface area contributed by atoms with E-state index in [9.17, 15) is 0 Å². The van der Waals surface area contributed by atoms with Crippen LogP contribution in [-0.2, 0) is 0 Å². The maximum atomic E-state index is 5.81. The normalized spacial score (nSPS) is 16.9. The fourth-order valence-corrected chi connectivity index (χ4v) is 2.41. The van der Waals surface area contributed by atoms with Gasteiger partial charge in [-0.25, -0.2) is 4.98 Å². The fourth-order valence-electron chi connectivity index (χ4n) is 2.27. The number of methoxy groups -OCH3 is 1. The molecule has 5 nitrogen and oxygen atoms in total. The molecule has 0 saturated carbocycles. The first-order valence-electron chi connectivity index (χ1n) is 6.24. The highest BCUT2D eigenvalue weighted by molar-refractivity contribution is 6.28. The number of rotatable bonds is 2. The van der Waals surface area contributed by atoms with Crippen LogP contribution in [0.25, 0.3) is 0 Å². The van der Waals surface area contributed by atoms with Crippen LogP contribution < -0.4 is 14.8 Å². The molecule has 0 spiro atoms. The van der Waals surface area contributed by atoms with Gasteiger partial charge in [-0.05, 0) is 41.8 Å².